The van der Waals surface area contributed by atoms with Crippen LogP contribution in [0.25, 0.3) is 16.0 Å². The van der Waals surface area contributed by atoms with E-state index in [1.54, 1.807) is 10.9 Å². The Hall–Kier alpha value is -1.79. The second-order valence-electron chi connectivity index (χ2n) is 4.02. The third kappa shape index (κ3) is 1.93. The third-order valence-electron chi connectivity index (χ3n) is 2.93. The normalized spacial score (nSPS) is 11.0. The monoisotopic (exact) mass is 289 g/mol. The minimum absolute atomic E-state index is 0.0699. The Balaban J connectivity index is 2.35. The van der Waals surface area contributed by atoms with Crippen LogP contribution in [0.1, 0.15) is 6.92 Å². The van der Waals surface area contributed by atoms with Crippen LogP contribution in [-0.2, 0) is 6.54 Å². The molecule has 0 N–H and O–H groups in total. The van der Waals surface area contributed by atoms with Gasteiger partial charge in [0.25, 0.3) is 5.56 Å². The molecule has 0 saturated carbocycles. The van der Waals surface area contributed by atoms with E-state index >= 15 is 0 Å². The Labute approximate surface area is 118 Å². The fourth-order valence-electron chi connectivity index (χ4n) is 1.99. The highest BCUT2D eigenvalue weighted by molar-refractivity contribution is 7.73. The first-order chi connectivity index (χ1) is 9.22. The maximum Gasteiger partial charge on any atom is 0.277 e. The van der Waals surface area contributed by atoms with Gasteiger partial charge in [0.1, 0.15) is 11.0 Å². The first-order valence-corrected chi connectivity index (χ1v) is 7.11. The van der Waals surface area contributed by atoms with E-state index in [9.17, 15) is 4.79 Å². The maximum atomic E-state index is 12.5. The highest BCUT2D eigenvalue weighted by Crippen LogP contribution is 2.18. The average molecular weight is 289 g/mol. The summed E-state index contributed by atoms with van der Waals surface area (Å²) in [7, 11) is 0. The molecular weight excluding hydrogens is 278 g/mol. The Bertz CT molecular complexity index is 846. The van der Waals surface area contributed by atoms with Crippen molar-refractivity contribution in [3.63, 3.8) is 0 Å². The largest absolute Gasteiger partial charge is 0.308 e. The second-order valence-corrected chi connectivity index (χ2v) is 5.66. The van der Waals surface area contributed by atoms with E-state index in [-0.39, 0.29) is 5.56 Å². The molecule has 0 aliphatic rings. The average Bonchev–Trinajstić information content (AvgIpc) is 2.77. The molecular formula is C13H11N3OS2. The van der Waals surface area contributed by atoms with Gasteiger partial charge in [0.05, 0.1) is 5.69 Å². The lowest BCUT2D eigenvalue weighted by Crippen LogP contribution is -2.18. The standard InChI is InChI=1S/C13H11N3OS2/c1-2-15-11-10(19-13(15)18)12(17)16(8-14-11)9-6-4-3-5-7-9/h3-8H,2H2,1H3. The zero-order valence-electron chi connectivity index (χ0n) is 10.2. The molecule has 2 heterocycles. The van der Waals surface area contributed by atoms with Crippen LogP contribution in [0.15, 0.2) is 41.5 Å². The minimum Gasteiger partial charge on any atom is -0.308 e. The summed E-state index contributed by atoms with van der Waals surface area (Å²) in [6.45, 7) is 2.72. The van der Waals surface area contributed by atoms with E-state index in [2.05, 4.69) is 4.98 Å². The first-order valence-electron chi connectivity index (χ1n) is 5.88. The summed E-state index contributed by atoms with van der Waals surface area (Å²) < 4.78 is 4.73. The molecule has 1 aromatic carbocycles. The van der Waals surface area contributed by atoms with Crippen LogP contribution >= 0.6 is 23.6 Å². The maximum absolute atomic E-state index is 12.5. The van der Waals surface area contributed by atoms with E-state index < -0.39 is 0 Å². The lowest BCUT2D eigenvalue weighted by molar-refractivity contribution is 0.778. The molecule has 3 rings (SSSR count). The highest BCUT2D eigenvalue weighted by Gasteiger charge is 2.11. The number of hydrogen-bond donors (Lipinski definition) is 0. The van der Waals surface area contributed by atoms with Gasteiger partial charge in [-0.1, -0.05) is 29.5 Å². The van der Waals surface area contributed by atoms with Gasteiger partial charge in [-0.25, -0.2) is 4.98 Å². The molecule has 19 heavy (non-hydrogen) atoms. The Morgan fingerprint density at radius 3 is 2.74 bits per heavy atom. The zero-order valence-corrected chi connectivity index (χ0v) is 11.9. The van der Waals surface area contributed by atoms with Gasteiger partial charge >= 0.3 is 0 Å². The fourth-order valence-corrected chi connectivity index (χ4v) is 3.40. The van der Waals surface area contributed by atoms with Crippen LogP contribution in [0.3, 0.4) is 0 Å². The van der Waals surface area contributed by atoms with Crippen LogP contribution in [0, 0.1) is 3.95 Å². The number of hydrogen-bond acceptors (Lipinski definition) is 4. The number of aromatic nitrogens is 3. The second kappa shape index (κ2) is 4.71. The Kier molecular flexibility index (Phi) is 3.04. The molecule has 4 nitrogen and oxygen atoms in total. The van der Waals surface area contributed by atoms with Crippen molar-refractivity contribution in [2.24, 2.45) is 0 Å². The number of benzene rings is 1. The summed E-state index contributed by atoms with van der Waals surface area (Å²) in [5, 5.41) is 0. The summed E-state index contributed by atoms with van der Waals surface area (Å²) in [6.07, 6.45) is 1.56. The number of para-hydroxylation sites is 1. The summed E-state index contributed by atoms with van der Waals surface area (Å²) in [6, 6.07) is 9.46. The van der Waals surface area contributed by atoms with Gasteiger partial charge in [0.2, 0.25) is 0 Å². The summed E-state index contributed by atoms with van der Waals surface area (Å²) in [5.74, 6) is 0. The molecule has 6 heteroatoms. The Morgan fingerprint density at radius 1 is 1.32 bits per heavy atom. The molecule has 3 aromatic rings. The van der Waals surface area contributed by atoms with Gasteiger partial charge in [0.15, 0.2) is 9.60 Å². The van der Waals surface area contributed by atoms with Crippen LogP contribution in [0.2, 0.25) is 0 Å². The molecule has 0 fully saturated rings. The third-order valence-corrected chi connectivity index (χ3v) is 4.35. The van der Waals surface area contributed by atoms with Crippen molar-refractivity contribution >= 4 is 33.9 Å². The van der Waals surface area contributed by atoms with Crippen LogP contribution in [-0.4, -0.2) is 14.1 Å². The smallest absolute Gasteiger partial charge is 0.277 e. The molecule has 0 saturated heterocycles. The van der Waals surface area contributed by atoms with Gasteiger partial charge < -0.3 is 4.57 Å². The molecule has 0 amide bonds. The lowest BCUT2D eigenvalue weighted by atomic mass is 10.3. The van der Waals surface area contributed by atoms with Crippen molar-refractivity contribution in [1.82, 2.24) is 14.1 Å². The molecule has 2 aromatic heterocycles. The SMILES string of the molecule is CCn1c(=S)sc2c(=O)n(-c3ccccc3)cnc21. The molecule has 0 aliphatic heterocycles. The van der Waals surface area contributed by atoms with Crippen molar-refractivity contribution < 1.29 is 0 Å². The fraction of sp³-hybridized carbons (Fsp3) is 0.154. The topological polar surface area (TPSA) is 39.8 Å². The van der Waals surface area contributed by atoms with Gasteiger partial charge in [-0.3, -0.25) is 9.36 Å². The van der Waals surface area contributed by atoms with Crippen molar-refractivity contribution in [2.75, 3.05) is 0 Å². The molecule has 0 atom stereocenters. The molecule has 0 unspecified atom stereocenters. The van der Waals surface area contributed by atoms with Gasteiger partial charge in [0, 0.05) is 6.54 Å². The van der Waals surface area contributed by atoms with E-state index in [0.717, 1.165) is 12.2 Å². The van der Waals surface area contributed by atoms with Crippen molar-refractivity contribution in [1.29, 1.82) is 0 Å². The van der Waals surface area contributed by atoms with E-state index in [4.69, 9.17) is 12.2 Å². The van der Waals surface area contributed by atoms with Gasteiger partial charge in [-0.2, -0.15) is 0 Å². The predicted octanol–water partition coefficient (Wildman–Crippen LogP) is 3.00. The quantitative estimate of drug-likeness (QED) is 0.681. The van der Waals surface area contributed by atoms with E-state index in [0.29, 0.717) is 14.3 Å². The molecule has 96 valence electrons. The van der Waals surface area contributed by atoms with Gasteiger partial charge in [-0.15, -0.1) is 0 Å². The lowest BCUT2D eigenvalue weighted by Gasteiger charge is -2.05. The minimum atomic E-state index is -0.0699. The van der Waals surface area contributed by atoms with Crippen molar-refractivity contribution in [3.05, 3.63) is 51.0 Å². The number of aryl methyl sites for hydroxylation is 1. The number of nitrogens with zero attached hydrogens (tertiary/aromatic N) is 3. The molecule has 0 radical (unpaired) electrons. The summed E-state index contributed by atoms with van der Waals surface area (Å²) >= 11 is 6.59. The number of rotatable bonds is 2. The van der Waals surface area contributed by atoms with Crippen LogP contribution in [0.4, 0.5) is 0 Å². The van der Waals surface area contributed by atoms with E-state index in [1.807, 2.05) is 41.8 Å². The number of fused-ring (bicyclic) bond motifs is 1. The summed E-state index contributed by atoms with van der Waals surface area (Å²) in [5.41, 5.74) is 1.42. The summed E-state index contributed by atoms with van der Waals surface area (Å²) in [4.78, 5) is 16.9. The number of thiazole rings is 1. The molecule has 0 spiro atoms. The van der Waals surface area contributed by atoms with E-state index in [1.165, 1.54) is 11.3 Å². The highest BCUT2D eigenvalue weighted by atomic mass is 32.1. The molecule has 0 aliphatic carbocycles. The first kappa shape index (κ1) is 12.3. The van der Waals surface area contributed by atoms with Crippen molar-refractivity contribution in [2.45, 2.75) is 13.5 Å². The Morgan fingerprint density at radius 2 is 2.05 bits per heavy atom. The molecule has 0 bridgehead atoms. The van der Waals surface area contributed by atoms with Gasteiger partial charge in [-0.05, 0) is 31.3 Å². The zero-order chi connectivity index (χ0) is 13.4. The van der Waals surface area contributed by atoms with Crippen LogP contribution < -0.4 is 5.56 Å². The van der Waals surface area contributed by atoms with Crippen LogP contribution in [0.5, 0.6) is 0 Å². The predicted molar refractivity (Wildman–Crippen MR) is 79.7 cm³/mol. The van der Waals surface area contributed by atoms with Crippen molar-refractivity contribution in [3.8, 4) is 5.69 Å².